The molecule has 5 nitrogen and oxygen atoms in total. The lowest BCUT2D eigenvalue weighted by atomic mass is 9.89. The van der Waals surface area contributed by atoms with Crippen LogP contribution in [-0.4, -0.2) is 39.0 Å². The Morgan fingerprint density at radius 1 is 1.08 bits per heavy atom. The van der Waals surface area contributed by atoms with Crippen molar-refractivity contribution in [2.75, 3.05) is 26.2 Å². The highest BCUT2D eigenvalue weighted by Gasteiger charge is 2.39. The lowest BCUT2D eigenvalue weighted by Gasteiger charge is -2.17. The minimum Gasteiger partial charge on any atom is -0.494 e. The van der Waals surface area contributed by atoms with Gasteiger partial charge in [0.1, 0.15) is 5.75 Å². The molecule has 25 heavy (non-hydrogen) atoms. The monoisotopic (exact) mass is 360 g/mol. The molecule has 2 aromatic carbocycles. The third-order valence-corrected chi connectivity index (χ3v) is 6.56. The van der Waals surface area contributed by atoms with E-state index in [0.717, 1.165) is 5.56 Å². The van der Waals surface area contributed by atoms with E-state index in [1.165, 1.54) is 0 Å². The largest absolute Gasteiger partial charge is 0.494 e. The van der Waals surface area contributed by atoms with Crippen LogP contribution in [0.2, 0.25) is 0 Å². The van der Waals surface area contributed by atoms with Gasteiger partial charge in [0.15, 0.2) is 0 Å². The van der Waals surface area contributed by atoms with Crippen molar-refractivity contribution in [2.24, 2.45) is 11.7 Å². The summed E-state index contributed by atoms with van der Waals surface area (Å²) in [6, 6.07) is 16.6. The zero-order valence-electron chi connectivity index (χ0n) is 14.3. The fourth-order valence-corrected chi connectivity index (χ4v) is 4.89. The number of nitrogens with two attached hydrogens (primary N) is 1. The van der Waals surface area contributed by atoms with Gasteiger partial charge in [0.05, 0.1) is 11.5 Å². The van der Waals surface area contributed by atoms with Crippen molar-refractivity contribution in [1.29, 1.82) is 0 Å². The van der Waals surface area contributed by atoms with Gasteiger partial charge < -0.3 is 10.5 Å². The van der Waals surface area contributed by atoms with Crippen LogP contribution in [0.25, 0.3) is 0 Å². The lowest BCUT2D eigenvalue weighted by molar-refractivity contribution is 0.340. The van der Waals surface area contributed by atoms with E-state index < -0.39 is 10.0 Å². The molecular formula is C19H24N2O3S. The summed E-state index contributed by atoms with van der Waals surface area (Å²) in [5, 5.41) is 0. The van der Waals surface area contributed by atoms with E-state index in [1.807, 2.05) is 37.3 Å². The maximum Gasteiger partial charge on any atom is 0.243 e. The van der Waals surface area contributed by atoms with Crippen molar-refractivity contribution in [3.05, 3.63) is 60.2 Å². The second-order valence-corrected chi connectivity index (χ2v) is 8.18. The van der Waals surface area contributed by atoms with Crippen molar-refractivity contribution in [1.82, 2.24) is 4.31 Å². The van der Waals surface area contributed by atoms with Gasteiger partial charge in [-0.15, -0.1) is 0 Å². The number of hydrogen-bond acceptors (Lipinski definition) is 4. The van der Waals surface area contributed by atoms with E-state index in [-0.39, 0.29) is 11.8 Å². The molecular weight excluding hydrogens is 336 g/mol. The molecule has 1 aliphatic heterocycles. The highest BCUT2D eigenvalue weighted by Crippen LogP contribution is 2.35. The van der Waals surface area contributed by atoms with E-state index >= 15 is 0 Å². The molecule has 2 atom stereocenters. The molecule has 1 fully saturated rings. The number of ether oxygens (including phenoxy) is 1. The van der Waals surface area contributed by atoms with Crippen LogP contribution in [-0.2, 0) is 10.0 Å². The topological polar surface area (TPSA) is 72.6 Å². The molecule has 3 rings (SSSR count). The second kappa shape index (κ2) is 7.56. The summed E-state index contributed by atoms with van der Waals surface area (Å²) in [7, 11) is -3.53. The first kappa shape index (κ1) is 17.9. The third-order valence-electron chi connectivity index (χ3n) is 4.71. The van der Waals surface area contributed by atoms with Gasteiger partial charge in [-0.1, -0.05) is 30.3 Å². The van der Waals surface area contributed by atoms with Gasteiger partial charge in [0.2, 0.25) is 10.0 Å². The Morgan fingerprint density at radius 2 is 1.76 bits per heavy atom. The summed E-state index contributed by atoms with van der Waals surface area (Å²) in [5.74, 6) is 0.924. The van der Waals surface area contributed by atoms with E-state index in [1.54, 1.807) is 28.6 Å². The Bertz CT molecular complexity index is 791. The van der Waals surface area contributed by atoms with E-state index in [9.17, 15) is 8.42 Å². The lowest BCUT2D eigenvalue weighted by Crippen LogP contribution is -2.30. The first-order chi connectivity index (χ1) is 12.1. The van der Waals surface area contributed by atoms with Crippen molar-refractivity contribution in [3.63, 3.8) is 0 Å². The number of sulfonamides is 1. The van der Waals surface area contributed by atoms with Gasteiger partial charge in [0.25, 0.3) is 0 Å². The minimum absolute atomic E-state index is 0.125. The summed E-state index contributed by atoms with van der Waals surface area (Å²) in [5.41, 5.74) is 7.06. The number of benzene rings is 2. The van der Waals surface area contributed by atoms with Crippen LogP contribution < -0.4 is 10.5 Å². The van der Waals surface area contributed by atoms with Crippen LogP contribution in [0.15, 0.2) is 59.5 Å². The number of nitrogens with zero attached hydrogens (tertiary/aromatic N) is 1. The molecule has 0 unspecified atom stereocenters. The summed E-state index contributed by atoms with van der Waals surface area (Å²) in [4.78, 5) is 0.292. The Morgan fingerprint density at radius 3 is 2.36 bits per heavy atom. The summed E-state index contributed by atoms with van der Waals surface area (Å²) in [6.07, 6.45) is 0. The van der Waals surface area contributed by atoms with Crippen molar-refractivity contribution < 1.29 is 13.2 Å². The molecule has 6 heteroatoms. The Labute approximate surface area is 149 Å². The maximum atomic E-state index is 13.0. The number of hydrogen-bond donors (Lipinski definition) is 1. The highest BCUT2D eigenvalue weighted by molar-refractivity contribution is 7.89. The van der Waals surface area contributed by atoms with Crippen LogP contribution in [0.3, 0.4) is 0 Å². The van der Waals surface area contributed by atoms with Gasteiger partial charge in [-0.3, -0.25) is 0 Å². The zero-order chi connectivity index (χ0) is 17.9. The maximum absolute atomic E-state index is 13.0. The molecule has 0 saturated carbocycles. The fourth-order valence-electron chi connectivity index (χ4n) is 3.37. The molecule has 0 radical (unpaired) electrons. The molecule has 134 valence electrons. The smallest absolute Gasteiger partial charge is 0.243 e. The predicted molar refractivity (Wildman–Crippen MR) is 98.1 cm³/mol. The SMILES string of the molecule is CCOc1ccc(S(=O)(=O)N2C[C@@H](CN)[C@H](c3ccccc3)C2)cc1. The van der Waals surface area contributed by atoms with Crippen molar-refractivity contribution in [3.8, 4) is 5.75 Å². The van der Waals surface area contributed by atoms with Crippen LogP contribution in [0, 0.1) is 5.92 Å². The molecule has 1 saturated heterocycles. The summed E-state index contributed by atoms with van der Waals surface area (Å²) < 4.78 is 32.9. The molecule has 0 bridgehead atoms. The van der Waals surface area contributed by atoms with E-state index in [4.69, 9.17) is 10.5 Å². The van der Waals surface area contributed by atoms with Crippen molar-refractivity contribution >= 4 is 10.0 Å². The van der Waals surface area contributed by atoms with Crippen LogP contribution in [0.1, 0.15) is 18.4 Å². The molecule has 0 aliphatic carbocycles. The van der Waals surface area contributed by atoms with Crippen LogP contribution in [0.5, 0.6) is 5.75 Å². The standard InChI is InChI=1S/C19H24N2O3S/c1-2-24-17-8-10-18(11-9-17)25(22,23)21-13-16(12-20)19(14-21)15-6-4-3-5-7-15/h3-11,16,19H,2,12-14,20H2,1H3/t16-,19+/m1/s1. The highest BCUT2D eigenvalue weighted by atomic mass is 32.2. The van der Waals surface area contributed by atoms with Gasteiger partial charge in [-0.05, 0) is 49.2 Å². The Hall–Kier alpha value is -1.89. The first-order valence-corrected chi connectivity index (χ1v) is 9.98. The average molecular weight is 360 g/mol. The zero-order valence-corrected chi connectivity index (χ0v) is 15.2. The van der Waals surface area contributed by atoms with Gasteiger partial charge in [-0.2, -0.15) is 4.31 Å². The number of rotatable bonds is 6. The molecule has 0 amide bonds. The minimum atomic E-state index is -3.53. The third kappa shape index (κ3) is 3.71. The van der Waals surface area contributed by atoms with E-state index in [0.29, 0.717) is 36.9 Å². The average Bonchev–Trinajstić information content (AvgIpc) is 3.08. The molecule has 1 aliphatic rings. The molecule has 2 aromatic rings. The van der Waals surface area contributed by atoms with Gasteiger partial charge in [0, 0.05) is 19.0 Å². The Kier molecular flexibility index (Phi) is 5.42. The first-order valence-electron chi connectivity index (χ1n) is 8.54. The summed E-state index contributed by atoms with van der Waals surface area (Å²) in [6.45, 7) is 3.82. The fraction of sp³-hybridized carbons (Fsp3) is 0.368. The summed E-state index contributed by atoms with van der Waals surface area (Å²) >= 11 is 0. The van der Waals surface area contributed by atoms with E-state index in [2.05, 4.69) is 0 Å². The van der Waals surface area contributed by atoms with Gasteiger partial charge in [-0.25, -0.2) is 8.42 Å². The quantitative estimate of drug-likeness (QED) is 0.859. The molecule has 2 N–H and O–H groups in total. The van der Waals surface area contributed by atoms with Gasteiger partial charge >= 0.3 is 0 Å². The Balaban J connectivity index is 1.83. The molecule has 0 spiro atoms. The second-order valence-electron chi connectivity index (χ2n) is 6.24. The van der Waals surface area contributed by atoms with Crippen LogP contribution in [0.4, 0.5) is 0 Å². The normalized spacial score (nSPS) is 21.4. The predicted octanol–water partition coefficient (Wildman–Crippen LogP) is 2.45. The molecule has 0 aromatic heterocycles. The molecule has 1 heterocycles. The van der Waals surface area contributed by atoms with Crippen molar-refractivity contribution in [2.45, 2.75) is 17.7 Å². The van der Waals surface area contributed by atoms with Crippen LogP contribution >= 0.6 is 0 Å².